The van der Waals surface area contributed by atoms with Gasteiger partial charge < -0.3 is 9.32 Å². The maximum atomic E-state index is 12.7. The van der Waals surface area contributed by atoms with Crippen molar-refractivity contribution >= 4 is 5.91 Å². The van der Waals surface area contributed by atoms with Crippen molar-refractivity contribution in [3.05, 3.63) is 52.6 Å². The van der Waals surface area contributed by atoms with Gasteiger partial charge in [-0.3, -0.25) is 9.36 Å². The summed E-state index contributed by atoms with van der Waals surface area (Å²) in [6, 6.07) is 3.42. The van der Waals surface area contributed by atoms with Crippen LogP contribution in [-0.4, -0.2) is 53.0 Å². The third-order valence-electron chi connectivity index (χ3n) is 4.23. The summed E-state index contributed by atoms with van der Waals surface area (Å²) in [6.07, 6.45) is 3.56. The van der Waals surface area contributed by atoms with Crippen molar-refractivity contribution in [3.8, 4) is 0 Å². The molecule has 10 nitrogen and oxygen atoms in total. The molecule has 25 heavy (non-hydrogen) atoms. The largest absolute Gasteiger partial charge is 0.454 e. The highest BCUT2D eigenvalue weighted by Crippen LogP contribution is 2.14. The highest BCUT2D eigenvalue weighted by atomic mass is 16.4. The molecule has 3 aromatic rings. The van der Waals surface area contributed by atoms with Crippen molar-refractivity contribution in [2.24, 2.45) is 7.05 Å². The number of aryl methyl sites for hydroxylation is 1. The molecule has 10 heteroatoms. The average molecular weight is 343 g/mol. The molecule has 1 aliphatic rings. The Morgan fingerprint density at radius 1 is 1.28 bits per heavy atom. The van der Waals surface area contributed by atoms with Gasteiger partial charge in [-0.1, -0.05) is 0 Å². The number of carbonyl (C=O) groups excluding carboxylic acids is 1. The molecule has 0 radical (unpaired) electrons. The average Bonchev–Trinajstić information content (AvgIpc) is 3.29. The van der Waals surface area contributed by atoms with E-state index < -0.39 is 0 Å². The number of hydrogen-bond donors (Lipinski definition) is 0. The van der Waals surface area contributed by atoms with Crippen molar-refractivity contribution in [1.29, 1.82) is 0 Å². The lowest BCUT2D eigenvalue weighted by Gasteiger charge is -2.18. The quantitative estimate of drug-likeness (QED) is 0.636. The number of aromatic nitrogens is 6. The van der Waals surface area contributed by atoms with Gasteiger partial charge in [-0.25, -0.2) is 19.1 Å². The lowest BCUT2D eigenvalue weighted by molar-refractivity contribution is 0.0724. The number of furan rings is 1. The molecule has 0 fully saturated rings. The Balaban J connectivity index is 1.46. The number of nitrogens with zero attached hydrogens (tertiary/aromatic N) is 7. The molecule has 0 atom stereocenters. The van der Waals surface area contributed by atoms with Crippen molar-refractivity contribution in [3.63, 3.8) is 0 Å². The van der Waals surface area contributed by atoms with E-state index in [1.807, 2.05) is 0 Å². The molecule has 1 amide bonds. The van der Waals surface area contributed by atoms with E-state index in [0.29, 0.717) is 44.2 Å². The Bertz CT molecular complexity index is 950. The van der Waals surface area contributed by atoms with Gasteiger partial charge in [0.15, 0.2) is 5.76 Å². The molecule has 0 bridgehead atoms. The first-order chi connectivity index (χ1) is 12.1. The third kappa shape index (κ3) is 2.86. The molecular weight excluding hydrogens is 326 g/mol. The molecule has 0 N–H and O–H groups in total. The minimum Gasteiger partial charge on any atom is -0.454 e. The lowest BCUT2D eigenvalue weighted by atomic mass is 10.3. The fourth-order valence-electron chi connectivity index (χ4n) is 2.94. The first kappa shape index (κ1) is 15.4. The zero-order chi connectivity index (χ0) is 17.4. The SMILES string of the molecule is Cn1nc2n(c1=O)CCN(C(=O)c1ccc(Cn3cncn3)o1)CC2. The van der Waals surface area contributed by atoms with Crippen LogP contribution in [0.4, 0.5) is 0 Å². The first-order valence-corrected chi connectivity index (χ1v) is 7.95. The second kappa shape index (κ2) is 6.04. The summed E-state index contributed by atoms with van der Waals surface area (Å²) in [4.78, 5) is 30.2. The van der Waals surface area contributed by atoms with Gasteiger partial charge in [0.2, 0.25) is 0 Å². The van der Waals surface area contributed by atoms with Crippen LogP contribution in [0, 0.1) is 0 Å². The monoisotopic (exact) mass is 343 g/mol. The summed E-state index contributed by atoms with van der Waals surface area (Å²) in [5.41, 5.74) is -0.155. The van der Waals surface area contributed by atoms with E-state index in [0.717, 1.165) is 0 Å². The van der Waals surface area contributed by atoms with E-state index in [4.69, 9.17) is 4.42 Å². The van der Waals surface area contributed by atoms with Gasteiger partial charge in [-0.15, -0.1) is 0 Å². The molecule has 4 heterocycles. The Morgan fingerprint density at radius 3 is 2.96 bits per heavy atom. The first-order valence-electron chi connectivity index (χ1n) is 7.95. The normalized spacial score (nSPS) is 14.4. The number of carbonyl (C=O) groups is 1. The molecule has 0 spiro atoms. The summed E-state index contributed by atoms with van der Waals surface area (Å²) in [5.74, 6) is 1.43. The van der Waals surface area contributed by atoms with Crippen LogP contribution < -0.4 is 5.69 Å². The molecule has 0 unspecified atom stereocenters. The number of fused-ring (bicyclic) bond motifs is 1. The molecule has 0 aliphatic carbocycles. The summed E-state index contributed by atoms with van der Waals surface area (Å²) in [7, 11) is 1.63. The van der Waals surface area contributed by atoms with Crippen LogP contribution in [-0.2, 0) is 26.6 Å². The number of rotatable bonds is 3. The molecule has 1 aliphatic heterocycles. The van der Waals surface area contributed by atoms with Gasteiger partial charge in [-0.05, 0) is 12.1 Å². The lowest BCUT2D eigenvalue weighted by Crippen LogP contribution is -2.34. The second-order valence-corrected chi connectivity index (χ2v) is 5.88. The molecular formula is C15H17N7O3. The molecule has 0 saturated carbocycles. The van der Waals surface area contributed by atoms with E-state index in [9.17, 15) is 9.59 Å². The number of hydrogen-bond acceptors (Lipinski definition) is 6. The zero-order valence-electron chi connectivity index (χ0n) is 13.7. The van der Waals surface area contributed by atoms with Gasteiger partial charge in [-0.2, -0.15) is 10.2 Å². The fraction of sp³-hybridized carbons (Fsp3) is 0.400. The summed E-state index contributed by atoms with van der Waals surface area (Å²) >= 11 is 0. The third-order valence-corrected chi connectivity index (χ3v) is 4.23. The number of amides is 1. The van der Waals surface area contributed by atoms with Crippen LogP contribution in [0.1, 0.15) is 22.1 Å². The van der Waals surface area contributed by atoms with Gasteiger partial charge in [0.1, 0.15) is 30.8 Å². The fourth-order valence-corrected chi connectivity index (χ4v) is 2.94. The minimum absolute atomic E-state index is 0.155. The molecule has 130 valence electrons. The minimum atomic E-state index is -0.188. The smallest absolute Gasteiger partial charge is 0.345 e. The Hall–Kier alpha value is -3.17. The van der Waals surface area contributed by atoms with Crippen molar-refractivity contribution in [2.45, 2.75) is 19.5 Å². The van der Waals surface area contributed by atoms with E-state index in [2.05, 4.69) is 15.2 Å². The second-order valence-electron chi connectivity index (χ2n) is 5.88. The maximum Gasteiger partial charge on any atom is 0.345 e. The van der Waals surface area contributed by atoms with Gasteiger partial charge >= 0.3 is 5.69 Å². The van der Waals surface area contributed by atoms with E-state index >= 15 is 0 Å². The molecule has 4 rings (SSSR count). The van der Waals surface area contributed by atoms with Crippen molar-refractivity contribution in [1.82, 2.24) is 34.0 Å². The topological polar surface area (TPSA) is 104 Å². The Labute approximate surface area is 142 Å². The van der Waals surface area contributed by atoms with Gasteiger partial charge in [0.05, 0.1) is 0 Å². The van der Waals surface area contributed by atoms with Gasteiger partial charge in [0, 0.05) is 33.1 Å². The summed E-state index contributed by atoms with van der Waals surface area (Å²) < 4.78 is 10.2. The molecule has 0 aromatic carbocycles. The van der Waals surface area contributed by atoms with E-state index in [-0.39, 0.29) is 17.4 Å². The summed E-state index contributed by atoms with van der Waals surface area (Å²) in [5, 5.41) is 8.22. The van der Waals surface area contributed by atoms with Crippen LogP contribution in [0.3, 0.4) is 0 Å². The Morgan fingerprint density at radius 2 is 2.16 bits per heavy atom. The summed E-state index contributed by atoms with van der Waals surface area (Å²) in [6.45, 7) is 1.78. The van der Waals surface area contributed by atoms with Crippen LogP contribution in [0.25, 0.3) is 0 Å². The van der Waals surface area contributed by atoms with Crippen LogP contribution >= 0.6 is 0 Å². The zero-order valence-corrected chi connectivity index (χ0v) is 13.7. The highest BCUT2D eigenvalue weighted by Gasteiger charge is 2.24. The van der Waals surface area contributed by atoms with Crippen molar-refractivity contribution < 1.29 is 9.21 Å². The molecule has 0 saturated heterocycles. The predicted octanol–water partition coefficient (Wildman–Crippen LogP) is -0.487. The van der Waals surface area contributed by atoms with Crippen molar-refractivity contribution in [2.75, 3.05) is 13.1 Å². The van der Waals surface area contributed by atoms with Crippen LogP contribution in [0.15, 0.2) is 34.0 Å². The van der Waals surface area contributed by atoms with E-state index in [1.54, 1.807) is 39.7 Å². The van der Waals surface area contributed by atoms with Crippen LogP contribution in [0.5, 0.6) is 0 Å². The van der Waals surface area contributed by atoms with Gasteiger partial charge in [0.25, 0.3) is 5.91 Å². The molecule has 3 aromatic heterocycles. The highest BCUT2D eigenvalue weighted by molar-refractivity contribution is 5.91. The van der Waals surface area contributed by atoms with Crippen LogP contribution in [0.2, 0.25) is 0 Å². The standard InChI is InChI=1S/C15H17N7O3/c1-19-15(24)22-7-6-20(5-4-13(22)18-19)14(23)12-3-2-11(25-12)8-21-10-16-9-17-21/h2-3,9-10H,4-8H2,1H3. The Kier molecular flexibility index (Phi) is 3.71. The van der Waals surface area contributed by atoms with E-state index in [1.165, 1.54) is 11.0 Å². The maximum absolute atomic E-state index is 12.7. The predicted molar refractivity (Wildman–Crippen MR) is 84.9 cm³/mol.